The number of benzene rings is 1. The molecule has 0 radical (unpaired) electrons. The van der Waals surface area contributed by atoms with E-state index in [0.29, 0.717) is 12.6 Å². The molecule has 5 heteroatoms. The maximum Gasteiger partial charge on any atom is 0.242 e. The van der Waals surface area contributed by atoms with E-state index in [9.17, 15) is 4.79 Å². The zero-order chi connectivity index (χ0) is 13.4. The molecule has 1 atom stereocenters. The first-order chi connectivity index (χ1) is 9.15. The summed E-state index contributed by atoms with van der Waals surface area (Å²) in [7, 11) is 0. The van der Waals surface area contributed by atoms with E-state index in [0.717, 1.165) is 36.3 Å². The third-order valence-electron chi connectivity index (χ3n) is 3.87. The fraction of sp³-hybridized carbons (Fsp3) is 0.500. The molecular weight excluding hydrogens is 306 g/mol. The minimum atomic E-state index is 0.241. The lowest BCUT2D eigenvalue weighted by atomic mass is 10.1. The van der Waals surface area contributed by atoms with Crippen molar-refractivity contribution < 1.29 is 4.79 Å². The predicted molar refractivity (Wildman–Crippen MR) is 79.5 cm³/mol. The SMILES string of the molecule is Cc1ccc(N2CC(=O)N3CCNCC3C2)c(Br)c1. The molecule has 2 aliphatic rings. The van der Waals surface area contributed by atoms with E-state index >= 15 is 0 Å². The molecule has 0 aliphatic carbocycles. The highest BCUT2D eigenvalue weighted by molar-refractivity contribution is 9.10. The van der Waals surface area contributed by atoms with E-state index in [1.807, 2.05) is 4.90 Å². The number of hydrogen-bond acceptors (Lipinski definition) is 3. The van der Waals surface area contributed by atoms with Gasteiger partial charge in [0.25, 0.3) is 0 Å². The van der Waals surface area contributed by atoms with E-state index < -0.39 is 0 Å². The summed E-state index contributed by atoms with van der Waals surface area (Å²) in [4.78, 5) is 16.4. The first kappa shape index (κ1) is 12.9. The number of halogens is 1. The van der Waals surface area contributed by atoms with Gasteiger partial charge >= 0.3 is 0 Å². The van der Waals surface area contributed by atoms with E-state index in [4.69, 9.17) is 0 Å². The van der Waals surface area contributed by atoms with Gasteiger partial charge in [-0.3, -0.25) is 4.79 Å². The third-order valence-corrected chi connectivity index (χ3v) is 4.51. The van der Waals surface area contributed by atoms with Crippen LogP contribution in [0, 0.1) is 6.92 Å². The van der Waals surface area contributed by atoms with Crippen molar-refractivity contribution in [2.24, 2.45) is 0 Å². The highest BCUT2D eigenvalue weighted by Gasteiger charge is 2.34. The van der Waals surface area contributed by atoms with Crippen LogP contribution >= 0.6 is 15.9 Å². The van der Waals surface area contributed by atoms with Gasteiger partial charge in [0.1, 0.15) is 0 Å². The van der Waals surface area contributed by atoms with Crippen molar-refractivity contribution in [1.29, 1.82) is 0 Å². The molecule has 19 heavy (non-hydrogen) atoms. The molecule has 1 N–H and O–H groups in total. The molecule has 0 aromatic heterocycles. The van der Waals surface area contributed by atoms with Gasteiger partial charge in [0, 0.05) is 30.7 Å². The summed E-state index contributed by atoms with van der Waals surface area (Å²) in [6.45, 7) is 6.11. The Morgan fingerprint density at radius 3 is 3.05 bits per heavy atom. The van der Waals surface area contributed by atoms with E-state index in [-0.39, 0.29) is 5.91 Å². The Labute approximate surface area is 121 Å². The second kappa shape index (κ2) is 5.13. The minimum Gasteiger partial charge on any atom is -0.359 e. The Morgan fingerprint density at radius 1 is 1.42 bits per heavy atom. The van der Waals surface area contributed by atoms with Crippen molar-refractivity contribution >= 4 is 27.5 Å². The molecule has 0 spiro atoms. The van der Waals surface area contributed by atoms with E-state index in [2.05, 4.69) is 51.3 Å². The van der Waals surface area contributed by atoms with Crippen molar-refractivity contribution in [2.45, 2.75) is 13.0 Å². The molecule has 2 aliphatic heterocycles. The van der Waals surface area contributed by atoms with Gasteiger partial charge in [-0.15, -0.1) is 0 Å². The Hall–Kier alpha value is -1.07. The summed E-state index contributed by atoms with van der Waals surface area (Å²) in [5.74, 6) is 0.241. The van der Waals surface area contributed by atoms with Gasteiger partial charge in [0.15, 0.2) is 0 Å². The number of anilines is 1. The van der Waals surface area contributed by atoms with Gasteiger partial charge in [-0.1, -0.05) is 6.07 Å². The van der Waals surface area contributed by atoms with Crippen LogP contribution in [0.4, 0.5) is 5.69 Å². The first-order valence-corrected chi connectivity index (χ1v) is 7.46. The number of nitrogens with zero attached hydrogens (tertiary/aromatic N) is 2. The number of rotatable bonds is 1. The lowest BCUT2D eigenvalue weighted by Gasteiger charge is -2.44. The monoisotopic (exact) mass is 323 g/mol. The van der Waals surface area contributed by atoms with Crippen LogP contribution in [-0.4, -0.2) is 49.6 Å². The van der Waals surface area contributed by atoms with Crippen molar-refractivity contribution in [3.8, 4) is 0 Å². The van der Waals surface area contributed by atoms with E-state index in [1.165, 1.54) is 5.56 Å². The number of hydrogen-bond donors (Lipinski definition) is 1. The molecule has 102 valence electrons. The molecule has 4 nitrogen and oxygen atoms in total. The normalized spacial score (nSPS) is 23.5. The molecule has 1 aromatic carbocycles. The summed E-state index contributed by atoms with van der Waals surface area (Å²) in [6, 6.07) is 6.59. The molecule has 1 aromatic rings. The first-order valence-electron chi connectivity index (χ1n) is 6.66. The van der Waals surface area contributed by atoms with Gasteiger partial charge in [-0.2, -0.15) is 0 Å². The molecule has 0 saturated carbocycles. The summed E-state index contributed by atoms with van der Waals surface area (Å²) in [5.41, 5.74) is 2.34. The number of fused-ring (bicyclic) bond motifs is 1. The summed E-state index contributed by atoms with van der Waals surface area (Å²) in [5, 5.41) is 3.37. The van der Waals surface area contributed by atoms with Crippen molar-refractivity contribution in [3.63, 3.8) is 0 Å². The number of aryl methyl sites for hydroxylation is 1. The number of carbonyl (C=O) groups excluding carboxylic acids is 1. The summed E-state index contributed by atoms with van der Waals surface area (Å²) < 4.78 is 1.07. The standard InChI is InChI=1S/C14H18BrN3O/c1-10-2-3-13(12(15)6-10)17-8-11-7-16-4-5-18(11)14(19)9-17/h2-3,6,11,16H,4-5,7-9H2,1H3. The number of piperazine rings is 2. The highest BCUT2D eigenvalue weighted by Crippen LogP contribution is 2.29. The number of carbonyl (C=O) groups is 1. The van der Waals surface area contributed by atoms with Crippen molar-refractivity contribution in [1.82, 2.24) is 10.2 Å². The molecule has 0 bridgehead atoms. The summed E-state index contributed by atoms with van der Waals surface area (Å²) >= 11 is 3.61. The fourth-order valence-corrected chi connectivity index (χ4v) is 3.62. The lowest BCUT2D eigenvalue weighted by Crippen LogP contribution is -2.63. The summed E-state index contributed by atoms with van der Waals surface area (Å²) in [6.07, 6.45) is 0. The average molecular weight is 324 g/mol. The zero-order valence-corrected chi connectivity index (χ0v) is 12.6. The predicted octanol–water partition coefficient (Wildman–Crippen LogP) is 1.38. The van der Waals surface area contributed by atoms with Crippen LogP contribution in [0.5, 0.6) is 0 Å². The van der Waals surface area contributed by atoms with Gasteiger partial charge in [-0.05, 0) is 40.5 Å². The quantitative estimate of drug-likeness (QED) is 0.848. The molecule has 1 unspecified atom stereocenters. The largest absolute Gasteiger partial charge is 0.359 e. The minimum absolute atomic E-state index is 0.241. The Bertz CT molecular complexity index is 505. The van der Waals surface area contributed by atoms with Crippen molar-refractivity contribution in [2.75, 3.05) is 37.6 Å². The Kier molecular flexibility index (Phi) is 3.50. The van der Waals surface area contributed by atoms with Crippen LogP contribution in [0.15, 0.2) is 22.7 Å². The zero-order valence-electron chi connectivity index (χ0n) is 11.0. The van der Waals surface area contributed by atoms with E-state index in [1.54, 1.807) is 0 Å². The van der Waals surface area contributed by atoms with Crippen LogP contribution < -0.4 is 10.2 Å². The fourth-order valence-electron chi connectivity index (χ4n) is 2.88. The van der Waals surface area contributed by atoms with Crippen LogP contribution in [0.1, 0.15) is 5.56 Å². The Morgan fingerprint density at radius 2 is 2.26 bits per heavy atom. The van der Waals surface area contributed by atoms with Gasteiger partial charge in [0.05, 0.1) is 18.3 Å². The van der Waals surface area contributed by atoms with Crippen molar-refractivity contribution in [3.05, 3.63) is 28.2 Å². The smallest absolute Gasteiger partial charge is 0.242 e. The molecular formula is C14H18BrN3O. The maximum atomic E-state index is 12.2. The van der Waals surface area contributed by atoms with Crippen LogP contribution in [-0.2, 0) is 4.79 Å². The Balaban J connectivity index is 1.84. The number of nitrogens with one attached hydrogen (secondary N) is 1. The maximum absolute atomic E-state index is 12.2. The van der Waals surface area contributed by atoms with Gasteiger partial charge < -0.3 is 15.1 Å². The van der Waals surface area contributed by atoms with Gasteiger partial charge in [0.2, 0.25) is 5.91 Å². The second-order valence-electron chi connectivity index (χ2n) is 5.28. The van der Waals surface area contributed by atoms with Crippen LogP contribution in [0.3, 0.4) is 0 Å². The van der Waals surface area contributed by atoms with Gasteiger partial charge in [-0.25, -0.2) is 0 Å². The topological polar surface area (TPSA) is 35.6 Å². The molecule has 2 fully saturated rings. The molecule has 1 amide bonds. The molecule has 3 rings (SSSR count). The average Bonchev–Trinajstić information content (AvgIpc) is 2.38. The third kappa shape index (κ3) is 2.49. The highest BCUT2D eigenvalue weighted by atomic mass is 79.9. The van der Waals surface area contributed by atoms with Crippen LogP contribution in [0.25, 0.3) is 0 Å². The number of amides is 1. The second-order valence-corrected chi connectivity index (χ2v) is 6.13. The van der Waals surface area contributed by atoms with Crippen LogP contribution in [0.2, 0.25) is 0 Å². The lowest BCUT2D eigenvalue weighted by molar-refractivity contribution is -0.134. The molecule has 2 saturated heterocycles. The molecule has 2 heterocycles.